The molecule has 0 radical (unpaired) electrons. The van der Waals surface area contributed by atoms with E-state index in [1.165, 1.54) is 25.3 Å². The van der Waals surface area contributed by atoms with E-state index in [4.69, 9.17) is 16.3 Å². The number of carbonyl (C=O) groups is 1. The van der Waals surface area contributed by atoms with E-state index in [1.807, 2.05) is 0 Å². The summed E-state index contributed by atoms with van der Waals surface area (Å²) < 4.78 is 31.2. The average Bonchev–Trinajstić information content (AvgIpc) is 2.60. The van der Waals surface area contributed by atoms with Crippen LogP contribution in [0.3, 0.4) is 0 Å². The number of hydrazine groups is 1. The maximum absolute atomic E-state index is 12.6. The van der Waals surface area contributed by atoms with Crippen LogP contribution in [-0.2, 0) is 10.0 Å². The van der Waals surface area contributed by atoms with Crippen molar-refractivity contribution in [1.82, 2.24) is 9.84 Å². The lowest BCUT2D eigenvalue weighted by atomic mass is 10.2. The Balaban J connectivity index is 2.31. The van der Waals surface area contributed by atoms with Crippen LogP contribution in [0.15, 0.2) is 53.4 Å². The van der Waals surface area contributed by atoms with Crippen LogP contribution in [-0.4, -0.2) is 32.4 Å². The van der Waals surface area contributed by atoms with E-state index in [1.54, 1.807) is 37.3 Å². The number of halogens is 1. The summed E-state index contributed by atoms with van der Waals surface area (Å²) >= 11 is 5.91. The van der Waals surface area contributed by atoms with Gasteiger partial charge in [0, 0.05) is 11.6 Å². The van der Waals surface area contributed by atoms with Crippen LogP contribution in [0.5, 0.6) is 5.75 Å². The minimum Gasteiger partial charge on any atom is -0.496 e. The van der Waals surface area contributed by atoms with Crippen molar-refractivity contribution in [3.05, 3.63) is 59.1 Å². The number of amides is 1. The lowest BCUT2D eigenvalue weighted by Crippen LogP contribution is -2.46. The summed E-state index contributed by atoms with van der Waals surface area (Å²) in [6.07, 6.45) is 0. The van der Waals surface area contributed by atoms with Crippen molar-refractivity contribution in [2.24, 2.45) is 0 Å². The number of benzene rings is 2. The lowest BCUT2D eigenvalue weighted by Gasteiger charge is -2.21. The zero-order chi connectivity index (χ0) is 17.7. The molecule has 8 heteroatoms. The molecule has 0 aromatic heterocycles. The normalized spacial score (nSPS) is 11.3. The highest BCUT2D eigenvalue weighted by Crippen LogP contribution is 2.23. The highest BCUT2D eigenvalue weighted by atomic mass is 35.5. The van der Waals surface area contributed by atoms with Crippen molar-refractivity contribution in [2.45, 2.75) is 11.8 Å². The van der Waals surface area contributed by atoms with Gasteiger partial charge in [0.1, 0.15) is 5.75 Å². The van der Waals surface area contributed by atoms with Crippen molar-refractivity contribution >= 4 is 27.5 Å². The molecule has 0 fully saturated rings. The fourth-order valence-electron chi connectivity index (χ4n) is 2.06. The van der Waals surface area contributed by atoms with E-state index in [0.717, 1.165) is 4.41 Å². The third kappa shape index (κ3) is 3.87. The summed E-state index contributed by atoms with van der Waals surface area (Å²) in [6.45, 7) is 1.68. The van der Waals surface area contributed by atoms with Crippen LogP contribution in [0, 0.1) is 0 Å². The van der Waals surface area contributed by atoms with Crippen molar-refractivity contribution in [3.8, 4) is 5.75 Å². The Bertz CT molecular complexity index is 825. The van der Waals surface area contributed by atoms with Gasteiger partial charge in [-0.2, -0.15) is 0 Å². The Labute approximate surface area is 146 Å². The molecule has 6 nitrogen and oxygen atoms in total. The Morgan fingerprint density at radius 2 is 1.88 bits per heavy atom. The topological polar surface area (TPSA) is 75.7 Å². The van der Waals surface area contributed by atoms with Crippen molar-refractivity contribution in [3.63, 3.8) is 0 Å². The van der Waals surface area contributed by atoms with Crippen molar-refractivity contribution in [2.75, 3.05) is 13.7 Å². The Morgan fingerprint density at radius 3 is 2.46 bits per heavy atom. The third-order valence-corrected chi connectivity index (χ3v) is 5.28. The van der Waals surface area contributed by atoms with Gasteiger partial charge in [-0.15, -0.1) is 4.41 Å². The van der Waals surface area contributed by atoms with Gasteiger partial charge in [-0.3, -0.25) is 10.2 Å². The van der Waals surface area contributed by atoms with Gasteiger partial charge >= 0.3 is 0 Å². The fourth-order valence-corrected chi connectivity index (χ4v) is 3.53. The largest absolute Gasteiger partial charge is 0.496 e. The molecule has 0 saturated heterocycles. The molecule has 0 bridgehead atoms. The molecule has 2 aromatic rings. The Kier molecular flexibility index (Phi) is 5.82. The van der Waals surface area contributed by atoms with Crippen molar-refractivity contribution in [1.29, 1.82) is 0 Å². The van der Waals surface area contributed by atoms with E-state index in [9.17, 15) is 13.2 Å². The number of rotatable bonds is 6. The minimum atomic E-state index is -3.86. The molecule has 0 unspecified atom stereocenters. The molecule has 0 aliphatic carbocycles. The van der Waals surface area contributed by atoms with Gasteiger partial charge in [-0.05, 0) is 37.3 Å². The number of sulfonamides is 1. The Morgan fingerprint density at radius 1 is 1.21 bits per heavy atom. The number of methoxy groups -OCH3 is 1. The molecule has 0 aliphatic rings. The first kappa shape index (κ1) is 18.3. The van der Waals surface area contributed by atoms with E-state index in [2.05, 4.69) is 5.43 Å². The fraction of sp³-hybridized carbons (Fsp3) is 0.188. The molecule has 0 aliphatic heterocycles. The van der Waals surface area contributed by atoms with Gasteiger partial charge in [-0.1, -0.05) is 29.8 Å². The molecular formula is C16H17ClN2O4S. The summed E-state index contributed by atoms with van der Waals surface area (Å²) in [5.74, 6) is -0.333. The van der Waals surface area contributed by atoms with Gasteiger partial charge in [0.05, 0.1) is 17.6 Å². The standard InChI is InChI=1S/C16H17ClN2O4S/c1-3-19(24(21,22)13-7-5-4-6-8-13)18-16(20)14-11-12(17)9-10-15(14)23-2/h4-11H,3H2,1-2H3,(H,18,20). The van der Waals surface area contributed by atoms with Crippen LogP contribution < -0.4 is 10.2 Å². The molecule has 0 heterocycles. The summed E-state index contributed by atoms with van der Waals surface area (Å²) in [5, 5.41) is 0.343. The molecule has 0 atom stereocenters. The average molecular weight is 369 g/mol. The van der Waals surface area contributed by atoms with Gasteiger partial charge < -0.3 is 4.74 Å². The van der Waals surface area contributed by atoms with Gasteiger partial charge in [0.25, 0.3) is 15.9 Å². The quantitative estimate of drug-likeness (QED) is 0.795. The predicted octanol–water partition coefficient (Wildman–Crippen LogP) is 2.70. The SMILES string of the molecule is CCN(NC(=O)c1cc(Cl)ccc1OC)S(=O)(=O)c1ccccc1. The second-order valence-electron chi connectivity index (χ2n) is 4.77. The van der Waals surface area contributed by atoms with Crippen LogP contribution in [0.4, 0.5) is 0 Å². The number of hydrogen-bond acceptors (Lipinski definition) is 4. The third-order valence-electron chi connectivity index (χ3n) is 3.25. The minimum absolute atomic E-state index is 0.0614. The van der Waals surface area contributed by atoms with E-state index < -0.39 is 15.9 Å². The summed E-state index contributed by atoms with van der Waals surface area (Å²) in [7, 11) is -2.44. The number of ether oxygens (including phenoxy) is 1. The number of nitrogens with zero attached hydrogens (tertiary/aromatic N) is 1. The molecule has 128 valence electrons. The monoisotopic (exact) mass is 368 g/mol. The van der Waals surface area contributed by atoms with E-state index in [0.29, 0.717) is 10.8 Å². The molecule has 2 rings (SSSR count). The maximum atomic E-state index is 12.6. The van der Waals surface area contributed by atoms with E-state index >= 15 is 0 Å². The predicted molar refractivity (Wildman–Crippen MR) is 91.5 cm³/mol. The van der Waals surface area contributed by atoms with Crippen molar-refractivity contribution < 1.29 is 17.9 Å². The summed E-state index contributed by atoms with van der Waals surface area (Å²) in [6, 6.07) is 12.4. The Hall–Kier alpha value is -2.09. The summed E-state index contributed by atoms with van der Waals surface area (Å²) in [4.78, 5) is 12.6. The maximum Gasteiger partial charge on any atom is 0.270 e. The first-order chi connectivity index (χ1) is 11.4. The first-order valence-corrected chi connectivity index (χ1v) is 8.94. The molecule has 0 saturated carbocycles. The summed E-state index contributed by atoms with van der Waals surface area (Å²) in [5.41, 5.74) is 2.54. The highest BCUT2D eigenvalue weighted by Gasteiger charge is 2.26. The van der Waals surface area contributed by atoms with Gasteiger partial charge in [0.15, 0.2) is 0 Å². The molecule has 2 aromatic carbocycles. The smallest absolute Gasteiger partial charge is 0.270 e. The number of carbonyl (C=O) groups excluding carboxylic acids is 1. The molecular weight excluding hydrogens is 352 g/mol. The first-order valence-electron chi connectivity index (χ1n) is 7.12. The molecule has 1 N–H and O–H groups in total. The highest BCUT2D eigenvalue weighted by molar-refractivity contribution is 7.89. The molecule has 1 amide bonds. The zero-order valence-corrected chi connectivity index (χ0v) is 14.8. The lowest BCUT2D eigenvalue weighted by molar-refractivity contribution is 0.0878. The van der Waals surface area contributed by atoms with Crippen LogP contribution in [0.1, 0.15) is 17.3 Å². The second-order valence-corrected chi connectivity index (χ2v) is 7.07. The van der Waals surface area contributed by atoms with Crippen LogP contribution in [0.25, 0.3) is 0 Å². The number of hydrogen-bond donors (Lipinski definition) is 1. The molecule has 24 heavy (non-hydrogen) atoms. The van der Waals surface area contributed by atoms with Crippen LogP contribution >= 0.6 is 11.6 Å². The second kappa shape index (κ2) is 7.65. The molecule has 0 spiro atoms. The van der Waals surface area contributed by atoms with E-state index in [-0.39, 0.29) is 17.0 Å². The van der Waals surface area contributed by atoms with Gasteiger partial charge in [-0.25, -0.2) is 8.42 Å². The van der Waals surface area contributed by atoms with Gasteiger partial charge in [0.2, 0.25) is 0 Å². The van der Waals surface area contributed by atoms with Crippen LogP contribution in [0.2, 0.25) is 5.02 Å². The number of nitrogens with one attached hydrogen (secondary N) is 1. The zero-order valence-electron chi connectivity index (χ0n) is 13.2.